The second-order valence-electron chi connectivity index (χ2n) is 8.66. The molecule has 1 atom stereocenters. The molecule has 0 radical (unpaired) electrons. The minimum atomic E-state index is -0.886. The number of anilines is 1. The molecule has 1 N–H and O–H groups in total. The van der Waals surface area contributed by atoms with Gasteiger partial charge in [-0.3, -0.25) is 14.5 Å². The number of benzene rings is 3. The number of esters is 1. The summed E-state index contributed by atoms with van der Waals surface area (Å²) in [5.74, 6) is -1.43. The zero-order valence-electron chi connectivity index (χ0n) is 20.4. The Morgan fingerprint density at radius 3 is 2.24 bits per heavy atom. The molecule has 5 rings (SSSR count). The maximum absolute atomic E-state index is 13.4. The number of aryl methyl sites for hydroxylation is 1. The molecule has 2 aliphatic rings. The van der Waals surface area contributed by atoms with Crippen molar-refractivity contribution in [3.05, 3.63) is 94.6 Å². The number of carbonyl (C=O) groups excluding carboxylic acids is 3. The Morgan fingerprint density at radius 1 is 0.946 bits per heavy atom. The number of fused-ring (bicyclic) bond motifs is 1. The molecule has 0 bridgehead atoms. The lowest BCUT2D eigenvalue weighted by Gasteiger charge is -2.26. The number of aliphatic hydroxyl groups is 1. The van der Waals surface area contributed by atoms with Crippen molar-refractivity contribution < 1.29 is 33.7 Å². The molecule has 0 spiro atoms. The van der Waals surface area contributed by atoms with E-state index in [4.69, 9.17) is 14.2 Å². The van der Waals surface area contributed by atoms with Gasteiger partial charge in [-0.1, -0.05) is 31.2 Å². The third kappa shape index (κ3) is 4.31. The van der Waals surface area contributed by atoms with Crippen LogP contribution in [-0.4, -0.2) is 43.1 Å². The van der Waals surface area contributed by atoms with Crippen molar-refractivity contribution in [2.75, 3.05) is 25.2 Å². The van der Waals surface area contributed by atoms with Crippen LogP contribution in [0.5, 0.6) is 11.5 Å². The third-order valence-corrected chi connectivity index (χ3v) is 6.53. The van der Waals surface area contributed by atoms with Crippen LogP contribution in [0.4, 0.5) is 5.69 Å². The van der Waals surface area contributed by atoms with Gasteiger partial charge in [-0.05, 0) is 60.0 Å². The number of ether oxygens (including phenoxy) is 3. The fourth-order valence-corrected chi connectivity index (χ4v) is 4.57. The van der Waals surface area contributed by atoms with E-state index in [1.165, 1.54) is 24.1 Å². The molecule has 0 aliphatic carbocycles. The summed E-state index contributed by atoms with van der Waals surface area (Å²) in [6, 6.07) is 17.8. The standard InChI is InChI=1S/C29H25NO7/c1-3-17-4-6-18(7-5-17)25-24(26(31)20-10-13-22-23(16-20)37-15-14-36-22)27(32)28(33)30(25)21-11-8-19(9-12-21)29(34)35-2/h4-13,16,25,31H,3,14-15H2,1-2H3/b26-24-. The van der Waals surface area contributed by atoms with Gasteiger partial charge in [0.2, 0.25) is 0 Å². The van der Waals surface area contributed by atoms with Crippen molar-refractivity contribution in [2.24, 2.45) is 0 Å². The Kier molecular flexibility index (Phi) is 6.40. The van der Waals surface area contributed by atoms with Crippen LogP contribution in [-0.2, 0) is 20.7 Å². The minimum absolute atomic E-state index is 0.0389. The molecule has 0 saturated carbocycles. The van der Waals surface area contributed by atoms with Gasteiger partial charge in [-0.2, -0.15) is 0 Å². The van der Waals surface area contributed by atoms with Crippen LogP contribution in [0.15, 0.2) is 72.3 Å². The number of rotatable bonds is 5. The molecule has 188 valence electrons. The van der Waals surface area contributed by atoms with Gasteiger partial charge in [0, 0.05) is 11.3 Å². The van der Waals surface area contributed by atoms with Crippen molar-refractivity contribution in [2.45, 2.75) is 19.4 Å². The van der Waals surface area contributed by atoms with Gasteiger partial charge >= 0.3 is 5.97 Å². The Bertz CT molecular complexity index is 1410. The van der Waals surface area contributed by atoms with E-state index in [1.54, 1.807) is 30.3 Å². The molecule has 37 heavy (non-hydrogen) atoms. The van der Waals surface area contributed by atoms with Gasteiger partial charge in [0.05, 0.1) is 24.3 Å². The Morgan fingerprint density at radius 2 is 1.59 bits per heavy atom. The van der Waals surface area contributed by atoms with Crippen LogP contribution in [0.3, 0.4) is 0 Å². The maximum Gasteiger partial charge on any atom is 0.337 e. The summed E-state index contributed by atoms with van der Waals surface area (Å²) in [6.07, 6.45) is 0.826. The average molecular weight is 500 g/mol. The number of carbonyl (C=O) groups is 3. The molecule has 2 heterocycles. The van der Waals surface area contributed by atoms with Gasteiger partial charge in [-0.25, -0.2) is 4.79 Å². The number of nitrogens with zero attached hydrogens (tertiary/aromatic N) is 1. The summed E-state index contributed by atoms with van der Waals surface area (Å²) in [4.78, 5) is 40.0. The number of Topliss-reactive ketones (excluding diaryl/α,β-unsaturated/α-hetero) is 1. The zero-order valence-corrected chi connectivity index (χ0v) is 20.4. The van der Waals surface area contributed by atoms with Crippen LogP contribution in [0.2, 0.25) is 0 Å². The summed E-state index contributed by atoms with van der Waals surface area (Å²) in [5.41, 5.74) is 2.76. The van der Waals surface area contributed by atoms with Gasteiger partial charge in [0.1, 0.15) is 19.0 Å². The van der Waals surface area contributed by atoms with Crippen LogP contribution in [0.1, 0.15) is 40.0 Å². The highest BCUT2D eigenvalue weighted by atomic mass is 16.6. The normalized spacial score (nSPS) is 18.1. The molecule has 0 aromatic heterocycles. The predicted octanol–water partition coefficient (Wildman–Crippen LogP) is 4.43. The highest BCUT2D eigenvalue weighted by Gasteiger charge is 2.47. The van der Waals surface area contributed by atoms with Gasteiger partial charge < -0.3 is 19.3 Å². The fraction of sp³-hybridized carbons (Fsp3) is 0.207. The lowest BCUT2D eigenvalue weighted by molar-refractivity contribution is -0.132. The molecule has 2 aliphatic heterocycles. The molecule has 3 aromatic carbocycles. The second-order valence-corrected chi connectivity index (χ2v) is 8.66. The largest absolute Gasteiger partial charge is 0.507 e. The molecule has 1 unspecified atom stereocenters. The lowest BCUT2D eigenvalue weighted by Crippen LogP contribution is -2.29. The van der Waals surface area contributed by atoms with Gasteiger partial charge in [0.15, 0.2) is 11.5 Å². The number of hydrogen-bond acceptors (Lipinski definition) is 7. The summed E-state index contributed by atoms with van der Waals surface area (Å²) in [7, 11) is 1.28. The van der Waals surface area contributed by atoms with Crippen LogP contribution in [0, 0.1) is 0 Å². The van der Waals surface area contributed by atoms with Crippen LogP contribution in [0.25, 0.3) is 5.76 Å². The molecule has 8 heteroatoms. The van der Waals surface area contributed by atoms with E-state index in [1.807, 2.05) is 31.2 Å². The SMILES string of the molecule is CCc1ccc(C2/C(=C(/O)c3ccc4c(c3)OCCO4)C(=O)C(=O)N2c2ccc(C(=O)OC)cc2)cc1. The van der Waals surface area contributed by atoms with E-state index in [2.05, 4.69) is 0 Å². The monoisotopic (exact) mass is 499 g/mol. The molecular formula is C29H25NO7. The average Bonchev–Trinajstić information content (AvgIpc) is 3.21. The Balaban J connectivity index is 1.65. The first-order chi connectivity index (χ1) is 17.9. The van der Waals surface area contributed by atoms with E-state index in [9.17, 15) is 19.5 Å². The first kappa shape index (κ1) is 24.1. The quantitative estimate of drug-likeness (QED) is 0.240. The zero-order chi connectivity index (χ0) is 26.1. The molecule has 1 saturated heterocycles. The summed E-state index contributed by atoms with van der Waals surface area (Å²) in [5, 5.41) is 11.4. The van der Waals surface area contributed by atoms with E-state index in [-0.39, 0.29) is 11.3 Å². The summed E-state index contributed by atoms with van der Waals surface area (Å²) < 4.78 is 15.9. The van der Waals surface area contributed by atoms with Crippen molar-refractivity contribution in [3.63, 3.8) is 0 Å². The highest BCUT2D eigenvalue weighted by Crippen LogP contribution is 2.43. The maximum atomic E-state index is 13.4. The predicted molar refractivity (Wildman–Crippen MR) is 136 cm³/mol. The minimum Gasteiger partial charge on any atom is -0.507 e. The van der Waals surface area contributed by atoms with Gasteiger partial charge in [-0.15, -0.1) is 0 Å². The van der Waals surface area contributed by atoms with Crippen LogP contribution >= 0.6 is 0 Å². The van der Waals surface area contributed by atoms with E-state index >= 15 is 0 Å². The Labute approximate surface area is 213 Å². The summed E-state index contributed by atoms with van der Waals surface area (Å²) in [6.45, 7) is 2.82. The smallest absolute Gasteiger partial charge is 0.337 e. The van der Waals surface area contributed by atoms with E-state index in [0.29, 0.717) is 47.1 Å². The number of hydrogen-bond donors (Lipinski definition) is 1. The molecular weight excluding hydrogens is 474 g/mol. The lowest BCUT2D eigenvalue weighted by atomic mass is 9.94. The molecule has 1 amide bonds. The van der Waals surface area contributed by atoms with Crippen molar-refractivity contribution in [3.8, 4) is 11.5 Å². The second kappa shape index (κ2) is 9.81. The van der Waals surface area contributed by atoms with Crippen LogP contribution < -0.4 is 14.4 Å². The van der Waals surface area contributed by atoms with Crippen molar-refractivity contribution in [1.82, 2.24) is 0 Å². The highest BCUT2D eigenvalue weighted by molar-refractivity contribution is 6.51. The first-order valence-electron chi connectivity index (χ1n) is 11.9. The van der Waals surface area contributed by atoms with Gasteiger partial charge in [0.25, 0.3) is 11.7 Å². The number of methoxy groups -OCH3 is 1. The topological polar surface area (TPSA) is 102 Å². The Hall–Kier alpha value is -4.59. The molecule has 3 aromatic rings. The fourth-order valence-electron chi connectivity index (χ4n) is 4.57. The molecule has 1 fully saturated rings. The third-order valence-electron chi connectivity index (χ3n) is 6.53. The number of aliphatic hydroxyl groups excluding tert-OH is 1. The van der Waals surface area contributed by atoms with Crippen molar-refractivity contribution in [1.29, 1.82) is 0 Å². The summed E-state index contributed by atoms with van der Waals surface area (Å²) >= 11 is 0. The molecule has 8 nitrogen and oxygen atoms in total. The first-order valence-corrected chi connectivity index (χ1v) is 11.9. The van der Waals surface area contributed by atoms with E-state index in [0.717, 1.165) is 12.0 Å². The number of ketones is 1. The van der Waals surface area contributed by atoms with Crippen molar-refractivity contribution >= 4 is 29.1 Å². The number of amides is 1. The van der Waals surface area contributed by atoms with E-state index < -0.39 is 23.7 Å².